The number of aromatic nitrogens is 2. The number of rotatable bonds is 6. The maximum Gasteiger partial charge on any atom is 0.333 e. The van der Waals surface area contributed by atoms with Crippen LogP contribution in [0.1, 0.15) is 37.2 Å². The molecule has 1 aliphatic rings. The van der Waals surface area contributed by atoms with Gasteiger partial charge in [0.05, 0.1) is 11.9 Å². The zero-order valence-electron chi connectivity index (χ0n) is 15.8. The van der Waals surface area contributed by atoms with E-state index in [1.54, 1.807) is 11.0 Å². The topological polar surface area (TPSA) is 84.3 Å². The fraction of sp³-hybridized carbons (Fsp3) is 0.444. The zero-order chi connectivity index (χ0) is 20.6. The Morgan fingerprint density at radius 3 is 2.64 bits per heavy atom. The van der Waals surface area contributed by atoms with Crippen molar-refractivity contribution in [1.82, 2.24) is 14.5 Å². The third kappa shape index (κ3) is 3.79. The van der Waals surface area contributed by atoms with Crippen LogP contribution in [0.3, 0.4) is 0 Å². The van der Waals surface area contributed by atoms with Crippen LogP contribution in [0.25, 0.3) is 0 Å². The van der Waals surface area contributed by atoms with Gasteiger partial charge < -0.3 is 4.90 Å². The second-order valence-electron chi connectivity index (χ2n) is 7.00. The summed E-state index contributed by atoms with van der Waals surface area (Å²) in [5.41, 5.74) is 2.42. The van der Waals surface area contributed by atoms with E-state index < -0.39 is 16.6 Å². The lowest BCUT2D eigenvalue weighted by Crippen LogP contribution is -2.32. The van der Waals surface area contributed by atoms with E-state index >= 15 is 0 Å². The summed E-state index contributed by atoms with van der Waals surface area (Å²) in [6.07, 6.45) is 1.62. The van der Waals surface area contributed by atoms with Gasteiger partial charge in [0.15, 0.2) is 0 Å². The van der Waals surface area contributed by atoms with E-state index in [-0.39, 0.29) is 29.0 Å². The molecule has 1 amide bonds. The highest BCUT2D eigenvalue weighted by Crippen LogP contribution is 2.30. The van der Waals surface area contributed by atoms with Crippen LogP contribution >= 0.6 is 0 Å². The summed E-state index contributed by atoms with van der Waals surface area (Å²) in [6.45, 7) is 2.69. The molecule has 0 atom stereocenters. The van der Waals surface area contributed by atoms with Gasteiger partial charge in [-0.1, -0.05) is 26.0 Å². The molecule has 1 aromatic carbocycles. The number of anilines is 1. The summed E-state index contributed by atoms with van der Waals surface area (Å²) in [7, 11) is -3.98. The Labute approximate surface area is 162 Å². The molecule has 1 aromatic heterocycles. The first-order chi connectivity index (χ1) is 13.1. The molecule has 0 radical (unpaired) electrons. The number of carbonyl (C=O) groups excluding carboxylic acids is 1. The number of halogens is 2. The Hall–Kier alpha value is -2.33. The molecule has 0 saturated carbocycles. The first-order valence-electron chi connectivity index (χ1n) is 8.87. The molecule has 0 unspecified atom stereocenters. The summed E-state index contributed by atoms with van der Waals surface area (Å²) < 4.78 is 53.3. The summed E-state index contributed by atoms with van der Waals surface area (Å²) >= 11 is 0. The molecule has 0 fully saturated rings. The SMILES string of the molecule is Cc1c(S(=O)(=O)NCc2ccc3c(c2)CCN3C(=O)C(C)C)cnn1C(F)F. The van der Waals surface area contributed by atoms with Gasteiger partial charge in [0.1, 0.15) is 4.90 Å². The average molecular weight is 412 g/mol. The molecule has 10 heteroatoms. The molecule has 2 heterocycles. The number of nitrogens with zero attached hydrogens (tertiary/aromatic N) is 3. The molecule has 28 heavy (non-hydrogen) atoms. The van der Waals surface area contributed by atoms with Crippen molar-refractivity contribution in [2.45, 2.75) is 45.2 Å². The lowest BCUT2D eigenvalue weighted by molar-refractivity contribution is -0.121. The van der Waals surface area contributed by atoms with Gasteiger partial charge in [-0.25, -0.2) is 17.8 Å². The number of sulfonamides is 1. The molecule has 0 bridgehead atoms. The standard InChI is InChI=1S/C18H22F2N4O3S/c1-11(2)17(25)23-7-6-14-8-13(4-5-15(14)23)9-22-28(26,27)16-10-21-24(12(16)3)18(19)20/h4-5,8,10-11,18,22H,6-7,9H2,1-3H3. The van der Waals surface area contributed by atoms with Gasteiger partial charge in [-0.3, -0.25) is 4.79 Å². The molecule has 7 nitrogen and oxygen atoms in total. The van der Waals surface area contributed by atoms with E-state index in [2.05, 4.69) is 9.82 Å². The van der Waals surface area contributed by atoms with Crippen LogP contribution < -0.4 is 9.62 Å². The Morgan fingerprint density at radius 2 is 2.04 bits per heavy atom. The number of alkyl halides is 2. The first-order valence-corrected chi connectivity index (χ1v) is 10.3. The van der Waals surface area contributed by atoms with Crippen molar-refractivity contribution in [3.8, 4) is 0 Å². The molecular weight excluding hydrogens is 390 g/mol. The second-order valence-corrected chi connectivity index (χ2v) is 8.73. The van der Waals surface area contributed by atoms with Crippen LogP contribution in [0.4, 0.5) is 14.5 Å². The minimum Gasteiger partial charge on any atom is -0.312 e. The van der Waals surface area contributed by atoms with Crippen molar-refractivity contribution in [1.29, 1.82) is 0 Å². The number of amides is 1. The number of hydrogen-bond acceptors (Lipinski definition) is 4. The van der Waals surface area contributed by atoms with Gasteiger partial charge in [0.2, 0.25) is 15.9 Å². The quantitative estimate of drug-likeness (QED) is 0.791. The molecule has 152 valence electrons. The van der Waals surface area contributed by atoms with Crippen molar-refractivity contribution >= 4 is 21.6 Å². The van der Waals surface area contributed by atoms with Gasteiger partial charge in [0.25, 0.3) is 0 Å². The second kappa shape index (κ2) is 7.59. The Balaban J connectivity index is 1.75. The molecule has 0 saturated heterocycles. The fourth-order valence-electron chi connectivity index (χ4n) is 3.23. The van der Waals surface area contributed by atoms with Crippen molar-refractivity contribution in [3.05, 3.63) is 41.2 Å². The maximum atomic E-state index is 12.8. The summed E-state index contributed by atoms with van der Waals surface area (Å²) in [6, 6.07) is 5.43. The third-order valence-electron chi connectivity index (χ3n) is 4.74. The van der Waals surface area contributed by atoms with Crippen molar-refractivity contribution in [2.24, 2.45) is 5.92 Å². The maximum absolute atomic E-state index is 12.8. The van der Waals surface area contributed by atoms with E-state index in [1.165, 1.54) is 6.92 Å². The van der Waals surface area contributed by atoms with E-state index in [0.29, 0.717) is 17.6 Å². The molecule has 2 aromatic rings. The molecule has 1 N–H and O–H groups in total. The van der Waals surface area contributed by atoms with Gasteiger partial charge in [-0.2, -0.15) is 13.9 Å². The fourth-order valence-corrected chi connectivity index (χ4v) is 4.41. The number of hydrogen-bond donors (Lipinski definition) is 1. The Bertz CT molecular complexity index is 1000. The highest BCUT2D eigenvalue weighted by Gasteiger charge is 2.27. The van der Waals surface area contributed by atoms with Crippen LogP contribution in [0.5, 0.6) is 0 Å². The van der Waals surface area contributed by atoms with Gasteiger partial charge >= 0.3 is 6.55 Å². The number of nitrogens with one attached hydrogen (secondary N) is 1. The molecule has 0 spiro atoms. The van der Waals surface area contributed by atoms with Crippen molar-refractivity contribution < 1.29 is 22.0 Å². The first kappa shape index (κ1) is 20.4. The summed E-state index contributed by atoms with van der Waals surface area (Å²) in [4.78, 5) is 13.7. The van der Waals surface area contributed by atoms with Gasteiger partial charge in [-0.05, 0) is 30.5 Å². The van der Waals surface area contributed by atoms with Crippen LogP contribution in [0.15, 0.2) is 29.3 Å². The van der Waals surface area contributed by atoms with Crippen molar-refractivity contribution in [3.63, 3.8) is 0 Å². The molecular formula is C18H22F2N4O3S. The van der Waals surface area contributed by atoms with E-state index in [9.17, 15) is 22.0 Å². The lowest BCUT2D eigenvalue weighted by Gasteiger charge is -2.19. The van der Waals surface area contributed by atoms with Crippen LogP contribution in [-0.2, 0) is 27.8 Å². The van der Waals surface area contributed by atoms with Crippen LogP contribution in [0.2, 0.25) is 0 Å². The monoisotopic (exact) mass is 412 g/mol. The predicted molar refractivity (Wildman–Crippen MR) is 99.6 cm³/mol. The van der Waals surface area contributed by atoms with E-state index in [1.807, 2.05) is 26.0 Å². The van der Waals surface area contributed by atoms with Crippen LogP contribution in [-0.4, -0.2) is 30.7 Å². The molecule has 1 aliphatic heterocycles. The smallest absolute Gasteiger partial charge is 0.312 e. The number of carbonyl (C=O) groups is 1. The Kier molecular flexibility index (Phi) is 5.53. The van der Waals surface area contributed by atoms with E-state index in [4.69, 9.17) is 0 Å². The molecule has 3 rings (SSSR count). The highest BCUT2D eigenvalue weighted by molar-refractivity contribution is 7.89. The zero-order valence-corrected chi connectivity index (χ0v) is 16.6. The minimum absolute atomic E-state index is 0.00698. The number of fused-ring (bicyclic) bond motifs is 1. The van der Waals surface area contributed by atoms with E-state index in [0.717, 1.165) is 23.0 Å². The summed E-state index contributed by atoms with van der Waals surface area (Å²) in [5.74, 6) is -0.0476. The van der Waals surface area contributed by atoms with Gasteiger partial charge in [0, 0.05) is 24.7 Å². The highest BCUT2D eigenvalue weighted by atomic mass is 32.2. The number of benzene rings is 1. The molecule has 0 aliphatic carbocycles. The largest absolute Gasteiger partial charge is 0.333 e. The van der Waals surface area contributed by atoms with Crippen molar-refractivity contribution in [2.75, 3.05) is 11.4 Å². The normalized spacial score (nSPS) is 14.2. The predicted octanol–water partition coefficient (Wildman–Crippen LogP) is 2.61. The lowest BCUT2D eigenvalue weighted by atomic mass is 10.1. The average Bonchev–Trinajstić information content (AvgIpc) is 3.22. The third-order valence-corrected chi connectivity index (χ3v) is 6.24. The Morgan fingerprint density at radius 1 is 1.32 bits per heavy atom. The summed E-state index contributed by atoms with van der Waals surface area (Å²) in [5, 5.41) is 3.43. The van der Waals surface area contributed by atoms with Gasteiger partial charge in [-0.15, -0.1) is 0 Å². The minimum atomic E-state index is -3.98. The van der Waals surface area contributed by atoms with Crippen LogP contribution in [0, 0.1) is 12.8 Å².